The molecule has 1 unspecified atom stereocenters. The van der Waals surface area contributed by atoms with Gasteiger partial charge in [0.25, 0.3) is 0 Å². The van der Waals surface area contributed by atoms with Crippen LogP contribution in [0.25, 0.3) is 11.3 Å². The summed E-state index contributed by atoms with van der Waals surface area (Å²) < 4.78 is 30.1. The number of carboxylic acids is 1. The van der Waals surface area contributed by atoms with E-state index in [1.807, 2.05) is 0 Å². The van der Waals surface area contributed by atoms with Gasteiger partial charge in [-0.15, -0.1) is 0 Å². The fourth-order valence-corrected chi connectivity index (χ4v) is 2.27. The number of carbonyl (C=O) groups is 1. The van der Waals surface area contributed by atoms with Crippen molar-refractivity contribution in [3.05, 3.63) is 29.5 Å². The Balaban J connectivity index is 2.11. The van der Waals surface area contributed by atoms with Gasteiger partial charge in [0.05, 0.1) is 13.2 Å². The highest BCUT2D eigenvalue weighted by Gasteiger charge is 2.22. The number of carboxylic acid groups (broad SMARTS) is 1. The van der Waals surface area contributed by atoms with Gasteiger partial charge in [0.15, 0.2) is 23.0 Å². The highest BCUT2D eigenvalue weighted by Crippen LogP contribution is 2.40. The number of ether oxygens (including phenoxy) is 2. The summed E-state index contributed by atoms with van der Waals surface area (Å²) >= 11 is 0. The van der Waals surface area contributed by atoms with E-state index in [9.17, 15) is 9.18 Å². The van der Waals surface area contributed by atoms with Crippen LogP contribution in [0.4, 0.5) is 4.39 Å². The molecule has 22 heavy (non-hydrogen) atoms. The first-order chi connectivity index (χ1) is 10.6. The van der Waals surface area contributed by atoms with Gasteiger partial charge >= 0.3 is 5.97 Å². The number of halogens is 1. The van der Waals surface area contributed by atoms with Gasteiger partial charge in [0.2, 0.25) is 0 Å². The Morgan fingerprint density at radius 3 is 2.55 bits per heavy atom. The summed E-state index contributed by atoms with van der Waals surface area (Å²) in [5.41, 5.74) is 0.496. The van der Waals surface area contributed by atoms with Crippen LogP contribution in [0.5, 0.6) is 11.5 Å². The van der Waals surface area contributed by atoms with Gasteiger partial charge in [0.1, 0.15) is 6.17 Å². The lowest BCUT2D eigenvalue weighted by Gasteiger charge is -2.14. The Morgan fingerprint density at radius 2 is 1.95 bits per heavy atom. The first-order valence-electron chi connectivity index (χ1n) is 6.84. The number of benzene rings is 1. The van der Waals surface area contributed by atoms with Crippen LogP contribution < -0.4 is 9.47 Å². The van der Waals surface area contributed by atoms with Crippen molar-refractivity contribution in [2.75, 3.05) is 13.2 Å². The van der Waals surface area contributed by atoms with E-state index in [0.29, 0.717) is 35.8 Å². The lowest BCUT2D eigenvalue weighted by Crippen LogP contribution is -1.97. The summed E-state index contributed by atoms with van der Waals surface area (Å²) in [5.74, 6) is -0.0874. The average molecular weight is 307 g/mol. The Labute approximate surface area is 125 Å². The van der Waals surface area contributed by atoms with E-state index in [1.54, 1.807) is 12.1 Å². The summed E-state index contributed by atoms with van der Waals surface area (Å²) in [6.45, 7) is 2.38. The van der Waals surface area contributed by atoms with Gasteiger partial charge in [0, 0.05) is 23.6 Å². The first kappa shape index (κ1) is 14.4. The number of nitrogens with zero attached hydrogens (tertiary/aromatic N) is 1. The third-order valence-electron chi connectivity index (χ3n) is 3.34. The predicted molar refractivity (Wildman–Crippen MR) is 74.0 cm³/mol. The molecule has 0 saturated carbocycles. The quantitative estimate of drug-likeness (QED) is 0.937. The smallest absolute Gasteiger partial charge is 0.358 e. The lowest BCUT2D eigenvalue weighted by atomic mass is 10.0. The summed E-state index contributed by atoms with van der Waals surface area (Å²) in [6.07, 6.45) is -0.554. The molecule has 116 valence electrons. The predicted octanol–water partition coefficient (Wildman–Crippen LogP) is 3.23. The maximum atomic E-state index is 13.9. The van der Waals surface area contributed by atoms with Gasteiger partial charge < -0.3 is 19.1 Å². The third-order valence-corrected chi connectivity index (χ3v) is 3.34. The number of fused-ring (bicyclic) bond motifs is 1. The molecule has 0 radical (unpaired) electrons. The molecule has 3 rings (SSSR count). The third kappa shape index (κ3) is 2.61. The minimum Gasteiger partial charge on any atom is -0.490 e. The molecule has 1 atom stereocenters. The SMILES string of the molecule is CC(F)c1cc2c(cc1-c1cc(C(=O)O)no1)OCCCO2. The monoisotopic (exact) mass is 307 g/mol. The molecule has 1 aromatic heterocycles. The number of hydrogen-bond donors (Lipinski definition) is 1. The zero-order valence-electron chi connectivity index (χ0n) is 11.8. The zero-order valence-corrected chi connectivity index (χ0v) is 11.8. The van der Waals surface area contributed by atoms with Crippen molar-refractivity contribution >= 4 is 5.97 Å². The van der Waals surface area contributed by atoms with E-state index >= 15 is 0 Å². The van der Waals surface area contributed by atoms with E-state index in [4.69, 9.17) is 19.1 Å². The van der Waals surface area contributed by atoms with Crippen LogP contribution in [0.3, 0.4) is 0 Å². The van der Waals surface area contributed by atoms with Gasteiger partial charge in [-0.3, -0.25) is 0 Å². The average Bonchev–Trinajstić information content (AvgIpc) is 2.86. The van der Waals surface area contributed by atoms with Crippen molar-refractivity contribution in [2.45, 2.75) is 19.5 Å². The maximum Gasteiger partial charge on any atom is 0.358 e. The molecule has 2 heterocycles. The molecule has 0 bridgehead atoms. The highest BCUT2D eigenvalue weighted by molar-refractivity contribution is 5.86. The number of alkyl halides is 1. The standard InChI is InChI=1S/C15H14FNO5/c1-8(16)9-5-13-14(21-4-2-3-20-13)6-10(9)12-7-11(15(18)19)17-22-12/h5-8H,2-4H2,1H3,(H,18,19). The zero-order chi connectivity index (χ0) is 15.7. The summed E-state index contributed by atoms with van der Waals surface area (Å²) in [7, 11) is 0. The van der Waals surface area contributed by atoms with Crippen LogP contribution >= 0.6 is 0 Å². The van der Waals surface area contributed by atoms with Crippen molar-refractivity contribution in [3.8, 4) is 22.8 Å². The fourth-order valence-electron chi connectivity index (χ4n) is 2.27. The van der Waals surface area contributed by atoms with Crippen LogP contribution in [0.2, 0.25) is 0 Å². The van der Waals surface area contributed by atoms with E-state index in [0.717, 1.165) is 6.42 Å². The molecule has 0 fully saturated rings. The summed E-state index contributed by atoms with van der Waals surface area (Å²) in [5, 5.41) is 12.4. The van der Waals surface area contributed by atoms with Gasteiger partial charge in [-0.2, -0.15) is 0 Å². The first-order valence-corrected chi connectivity index (χ1v) is 6.84. The molecule has 6 nitrogen and oxygen atoms in total. The topological polar surface area (TPSA) is 81.8 Å². The second kappa shape index (κ2) is 5.67. The van der Waals surface area contributed by atoms with E-state index in [2.05, 4.69) is 5.16 Å². The Hall–Kier alpha value is -2.57. The Kier molecular flexibility index (Phi) is 3.70. The summed E-state index contributed by atoms with van der Waals surface area (Å²) in [4.78, 5) is 10.9. The van der Waals surface area contributed by atoms with Crippen molar-refractivity contribution in [1.82, 2.24) is 5.16 Å². The van der Waals surface area contributed by atoms with Gasteiger partial charge in [-0.05, 0) is 19.1 Å². The molecule has 2 aromatic rings. The summed E-state index contributed by atoms with van der Waals surface area (Å²) in [6, 6.07) is 4.41. The number of aromatic carboxylic acids is 1. The molecule has 0 saturated heterocycles. The molecular weight excluding hydrogens is 293 g/mol. The van der Waals surface area contributed by atoms with Crippen molar-refractivity contribution in [1.29, 1.82) is 0 Å². The lowest BCUT2D eigenvalue weighted by molar-refractivity contribution is 0.0686. The number of rotatable bonds is 3. The van der Waals surface area contributed by atoms with Crippen molar-refractivity contribution in [2.24, 2.45) is 0 Å². The van der Waals surface area contributed by atoms with Crippen LogP contribution in [0.1, 0.15) is 35.6 Å². The molecule has 1 aliphatic rings. The maximum absolute atomic E-state index is 13.9. The van der Waals surface area contributed by atoms with Crippen LogP contribution in [-0.4, -0.2) is 29.4 Å². The molecule has 7 heteroatoms. The highest BCUT2D eigenvalue weighted by atomic mass is 19.1. The fraction of sp³-hybridized carbons (Fsp3) is 0.333. The minimum absolute atomic E-state index is 0.174. The Morgan fingerprint density at radius 1 is 1.27 bits per heavy atom. The second-order valence-electron chi connectivity index (χ2n) is 4.93. The number of aromatic nitrogens is 1. The second-order valence-corrected chi connectivity index (χ2v) is 4.93. The number of hydrogen-bond acceptors (Lipinski definition) is 5. The molecular formula is C15H14FNO5. The molecule has 0 amide bonds. The normalized spacial score (nSPS) is 15.2. The molecule has 1 aliphatic heterocycles. The van der Waals surface area contributed by atoms with Gasteiger partial charge in [-0.25, -0.2) is 9.18 Å². The van der Waals surface area contributed by atoms with Crippen LogP contribution in [0.15, 0.2) is 22.7 Å². The van der Waals surface area contributed by atoms with Crippen molar-refractivity contribution in [3.63, 3.8) is 0 Å². The van der Waals surface area contributed by atoms with Crippen LogP contribution in [0, 0.1) is 0 Å². The van der Waals surface area contributed by atoms with E-state index < -0.39 is 12.1 Å². The van der Waals surface area contributed by atoms with E-state index in [-0.39, 0.29) is 11.5 Å². The molecule has 1 N–H and O–H groups in total. The molecule has 0 spiro atoms. The molecule has 0 aliphatic carbocycles. The van der Waals surface area contributed by atoms with Crippen LogP contribution in [-0.2, 0) is 0 Å². The molecule has 1 aromatic carbocycles. The largest absolute Gasteiger partial charge is 0.490 e. The minimum atomic E-state index is -1.29. The van der Waals surface area contributed by atoms with Crippen molar-refractivity contribution < 1.29 is 28.3 Å². The van der Waals surface area contributed by atoms with Gasteiger partial charge in [-0.1, -0.05) is 5.16 Å². The van der Waals surface area contributed by atoms with E-state index in [1.165, 1.54) is 13.0 Å². The Bertz CT molecular complexity index is 710.